The minimum absolute atomic E-state index is 0.0489. The highest BCUT2D eigenvalue weighted by Gasteiger charge is 2.46. The molecule has 490 valence electrons. The van der Waals surface area contributed by atoms with Crippen LogP contribution in [-0.2, 0) is 10.8 Å². The van der Waals surface area contributed by atoms with E-state index >= 15 is 0 Å². The van der Waals surface area contributed by atoms with E-state index in [0.29, 0.717) is 22.7 Å². The quantitative estimate of drug-likeness (QED) is 0.127. The number of hydrogen-bond donors (Lipinski definition) is 0. The van der Waals surface area contributed by atoms with Crippen molar-refractivity contribution in [2.75, 3.05) is 9.80 Å². The van der Waals surface area contributed by atoms with Gasteiger partial charge in [0, 0.05) is 77.9 Å². The highest BCUT2D eigenvalue weighted by atomic mass is 15.2. The first-order valence-electron chi connectivity index (χ1n) is 42.9. The molecule has 2 aliphatic heterocycles. The van der Waals surface area contributed by atoms with Crippen molar-refractivity contribution in [3.63, 3.8) is 0 Å². The van der Waals surface area contributed by atoms with Crippen LogP contribution in [0.25, 0.3) is 122 Å². The largest absolute Gasteiger partial charge is 0.310 e. The molecule has 17 aromatic rings. The first kappa shape index (κ1) is 46.8. The van der Waals surface area contributed by atoms with Crippen molar-refractivity contribution in [3.8, 4) is 78.1 Å². The Hall–Kier alpha value is -12.4. The molecule has 0 saturated carbocycles. The number of fused-ring (bicyclic) bond motifs is 10. The van der Waals surface area contributed by atoms with E-state index in [4.69, 9.17) is 5.48 Å². The Morgan fingerprint density at radius 1 is 0.272 bits per heavy atom. The van der Waals surface area contributed by atoms with E-state index < -0.39 is 114 Å². The van der Waals surface area contributed by atoms with Gasteiger partial charge in [0.05, 0.1) is 55.4 Å². The topological polar surface area (TPSA) is 16.3 Å². The Kier molecular flexibility index (Phi) is 11.0. The molecule has 103 heavy (non-hydrogen) atoms. The van der Waals surface area contributed by atoms with Gasteiger partial charge in [-0.3, -0.25) is 0 Å². The summed E-state index contributed by atoms with van der Waals surface area (Å²) in [6.07, 6.45) is 0. The van der Waals surface area contributed by atoms with E-state index in [-0.39, 0.29) is 43.6 Å². The fourth-order valence-corrected chi connectivity index (χ4v) is 15.7. The van der Waals surface area contributed by atoms with Gasteiger partial charge in [-0.2, -0.15) is 0 Å². The van der Waals surface area contributed by atoms with Gasteiger partial charge in [0.1, 0.15) is 0 Å². The summed E-state index contributed by atoms with van der Waals surface area (Å²) in [5.41, 5.74) is 18.8. The monoisotopic (exact) mass is 1330 g/mol. The van der Waals surface area contributed by atoms with Crippen LogP contribution in [0.3, 0.4) is 0 Å². The number of benzene rings is 15. The van der Waals surface area contributed by atoms with Crippen molar-refractivity contribution in [3.05, 3.63) is 357 Å². The smallest absolute Gasteiger partial charge is 0.252 e. The zero-order chi connectivity index (χ0) is 83.2. The number of rotatable bonds is 10. The maximum atomic E-state index is 9.92. The molecule has 0 amide bonds. The van der Waals surface area contributed by atoms with Crippen molar-refractivity contribution < 1.29 is 21.9 Å². The van der Waals surface area contributed by atoms with Gasteiger partial charge < -0.3 is 18.9 Å². The van der Waals surface area contributed by atoms with E-state index in [1.807, 2.05) is 109 Å². The molecular weight excluding hydrogens is 1240 g/mol. The zero-order valence-electron chi connectivity index (χ0n) is 73.5. The summed E-state index contributed by atoms with van der Waals surface area (Å²) in [6.45, 7) is 12.4. The van der Waals surface area contributed by atoms with E-state index in [9.17, 15) is 16.4 Å². The Labute approximate surface area is 625 Å². The molecule has 0 unspecified atom stereocenters. The van der Waals surface area contributed by atoms with Crippen LogP contribution in [0.2, 0.25) is 0 Å². The van der Waals surface area contributed by atoms with Gasteiger partial charge in [-0.25, -0.2) is 0 Å². The maximum Gasteiger partial charge on any atom is 0.252 e. The second-order valence-corrected chi connectivity index (χ2v) is 28.8. The van der Waals surface area contributed by atoms with Crippen LogP contribution in [-0.4, -0.2) is 15.8 Å². The van der Waals surface area contributed by atoms with Crippen molar-refractivity contribution in [1.82, 2.24) is 9.13 Å². The second kappa shape index (κ2) is 24.1. The molecule has 5 heteroatoms. The van der Waals surface area contributed by atoms with Gasteiger partial charge >= 0.3 is 0 Å². The minimum Gasteiger partial charge on any atom is -0.310 e. The Morgan fingerprint density at radius 2 is 0.573 bits per heavy atom. The summed E-state index contributed by atoms with van der Waals surface area (Å²) in [5.74, 6) is 0. The average molecular weight is 1340 g/mol. The summed E-state index contributed by atoms with van der Waals surface area (Å²) < 4.78 is 155. The van der Waals surface area contributed by atoms with Crippen LogP contribution in [0.1, 0.15) is 74.6 Å². The van der Waals surface area contributed by atoms with Crippen LogP contribution in [0.4, 0.5) is 34.1 Å². The SMILES string of the molecule is [2H]c1c([2H])c([2H])c2c(c1[2H])c1c([2H])c([2H])c([2H])c([2H])c1n2-c1ccc2c(c1)N(c1c(-c3ccccc3)cccc1-c1ccccc1)c1cc(C(C)(C)C)cc3c1B2c1ccc(-n2c4c([2H])c([2H])c([2H])c([2H])c4c4c([2H])c([2H])c([2H])c([2H])c42)cc1N3c1c(-c2ccc(-c3ccccc3)cc2)cc(C(C)(C)C)cc1-c1ccc(-c2ccccc2)cc1. The molecule has 0 aliphatic carbocycles. The van der Waals surface area contributed by atoms with Crippen molar-refractivity contribution in [1.29, 1.82) is 0 Å². The summed E-state index contributed by atoms with van der Waals surface area (Å²) >= 11 is 0. The first-order valence-corrected chi connectivity index (χ1v) is 34.9. The molecule has 0 saturated heterocycles. The fraction of sp³-hybridized carbons (Fsp3) is 0.0816. The lowest BCUT2D eigenvalue weighted by Crippen LogP contribution is -2.61. The third-order valence-electron chi connectivity index (χ3n) is 20.7. The van der Waals surface area contributed by atoms with Gasteiger partial charge in [0.15, 0.2) is 0 Å². The third-order valence-corrected chi connectivity index (χ3v) is 20.7. The summed E-state index contributed by atoms with van der Waals surface area (Å²) in [4.78, 5) is 4.67. The van der Waals surface area contributed by atoms with Gasteiger partial charge in [-0.05, 0) is 156 Å². The molecule has 4 nitrogen and oxygen atoms in total. The van der Waals surface area contributed by atoms with Crippen LogP contribution >= 0.6 is 0 Å². The lowest BCUT2D eigenvalue weighted by atomic mass is 9.33. The maximum absolute atomic E-state index is 9.92. The standard InChI is InChI=1S/C98H75BN4/c1-97(2,3)72-58-82(70-50-46-66(47-51-70)64-28-11-7-12-29-64)96(83(59-72)71-52-48-67(49-53-71)65-30-13-8-14-31-65)103-91-63-75(101-88-44-25-21-38-80(88)81-39-22-26-45-89(81)101)55-57-85(91)99-84-56-54-74(100-86-42-23-19-36-78(86)79-37-20-24-43-87(79)100)62-90(84)102(92-60-73(98(4,5)6)61-93(103)94(92)99)95-76(68-32-15-9-16-33-68)40-27-41-77(95)69-34-17-10-18-35-69/h7-63H,1-6H3/i19D,20D,21D,22D,23D,24D,25D,26D,36D,37D,38D,39D,42D,43D,44D,45D. The van der Waals surface area contributed by atoms with Gasteiger partial charge in [-0.1, -0.05) is 314 Å². The van der Waals surface area contributed by atoms with Gasteiger partial charge in [0.25, 0.3) is 6.71 Å². The number of para-hydroxylation sites is 5. The highest BCUT2D eigenvalue weighted by molar-refractivity contribution is 7.00. The van der Waals surface area contributed by atoms with Crippen molar-refractivity contribution >= 4 is 101 Å². The molecule has 0 bridgehead atoms. The van der Waals surface area contributed by atoms with E-state index in [1.165, 1.54) is 0 Å². The molecule has 4 heterocycles. The fourth-order valence-electron chi connectivity index (χ4n) is 15.7. The molecule has 0 fully saturated rings. The zero-order valence-corrected chi connectivity index (χ0v) is 57.5. The average Bonchev–Trinajstić information content (AvgIpc) is 1.58. The van der Waals surface area contributed by atoms with Crippen LogP contribution < -0.4 is 26.2 Å². The summed E-state index contributed by atoms with van der Waals surface area (Å²) in [7, 11) is 0. The number of aromatic nitrogens is 2. The van der Waals surface area contributed by atoms with Crippen molar-refractivity contribution in [2.45, 2.75) is 52.4 Å². The first-order chi connectivity index (χ1) is 57.0. The highest BCUT2D eigenvalue weighted by Crippen LogP contribution is 2.55. The van der Waals surface area contributed by atoms with Crippen LogP contribution in [0, 0.1) is 0 Å². The molecule has 15 aromatic carbocycles. The van der Waals surface area contributed by atoms with Gasteiger partial charge in [0.2, 0.25) is 0 Å². The minimum atomic E-state index is -0.768. The molecule has 0 atom stereocenters. The van der Waals surface area contributed by atoms with E-state index in [0.717, 1.165) is 117 Å². The normalized spacial score (nSPS) is 14.9. The van der Waals surface area contributed by atoms with Crippen molar-refractivity contribution in [2.24, 2.45) is 0 Å². The molecule has 0 radical (unpaired) electrons. The number of nitrogens with zero attached hydrogens (tertiary/aromatic N) is 4. The molecule has 0 spiro atoms. The predicted octanol–water partition coefficient (Wildman–Crippen LogP) is 24.6. The Morgan fingerprint density at radius 3 is 0.932 bits per heavy atom. The lowest BCUT2D eigenvalue weighted by molar-refractivity contribution is 0.590. The lowest BCUT2D eigenvalue weighted by Gasteiger charge is -2.46. The van der Waals surface area contributed by atoms with Crippen LogP contribution in [0.15, 0.2) is 345 Å². The Balaban J connectivity index is 1.02. The predicted molar refractivity (Wildman–Crippen MR) is 439 cm³/mol. The molecular formula is C98H75BN4. The van der Waals surface area contributed by atoms with Gasteiger partial charge in [-0.15, -0.1) is 0 Å². The second-order valence-electron chi connectivity index (χ2n) is 28.8. The van der Waals surface area contributed by atoms with Crippen LogP contribution in [0.5, 0.6) is 0 Å². The summed E-state index contributed by atoms with van der Waals surface area (Å²) in [6, 6.07) is 77.2. The van der Waals surface area contributed by atoms with E-state index in [2.05, 4.69) is 191 Å². The number of hydrogen-bond acceptors (Lipinski definition) is 2. The van der Waals surface area contributed by atoms with E-state index in [1.54, 1.807) is 9.13 Å². The third kappa shape index (κ3) is 10.2. The summed E-state index contributed by atoms with van der Waals surface area (Å²) in [5, 5.41) is -0.291. The molecule has 2 aromatic heterocycles. The molecule has 19 rings (SSSR count). The Bertz CT molecular complexity index is 6870. The molecule has 2 aliphatic rings. The molecule has 0 N–H and O–H groups in total. The number of anilines is 6.